The summed E-state index contributed by atoms with van der Waals surface area (Å²) in [5.41, 5.74) is 3.55. The monoisotopic (exact) mass is 323 g/mol. The van der Waals surface area contributed by atoms with E-state index in [2.05, 4.69) is 10.1 Å². The molecule has 4 rings (SSSR count). The Hall–Kier alpha value is -2.63. The van der Waals surface area contributed by atoms with E-state index in [9.17, 15) is 4.79 Å². The van der Waals surface area contributed by atoms with E-state index in [0.717, 1.165) is 41.9 Å². The number of rotatable bonds is 2. The van der Waals surface area contributed by atoms with Crippen molar-refractivity contribution in [3.63, 3.8) is 0 Å². The molecule has 0 spiro atoms. The fourth-order valence-electron chi connectivity index (χ4n) is 3.38. The first-order chi connectivity index (χ1) is 11.6. The average molecular weight is 323 g/mol. The second-order valence-electron chi connectivity index (χ2n) is 6.52. The van der Waals surface area contributed by atoms with Gasteiger partial charge in [-0.15, -0.1) is 0 Å². The van der Waals surface area contributed by atoms with Gasteiger partial charge in [-0.2, -0.15) is 5.10 Å². The summed E-state index contributed by atoms with van der Waals surface area (Å²) in [6, 6.07) is 9.90. The second-order valence-corrected chi connectivity index (χ2v) is 6.52. The standard InChI is InChI=1S/C18H21N5O/c1-12-10-16(21-22(12)2)18(24)23-9-5-6-13(11-23)17-19-14-7-3-4-8-15(14)20-17/h3-4,7-8,10,13H,5-6,9,11H2,1-2H3,(H,19,20). The minimum atomic E-state index is 0.0134. The Morgan fingerprint density at radius 3 is 2.92 bits per heavy atom. The number of benzene rings is 1. The van der Waals surface area contributed by atoms with E-state index in [1.54, 1.807) is 4.68 Å². The molecule has 1 fully saturated rings. The molecule has 1 aliphatic rings. The number of hydrogen-bond donors (Lipinski definition) is 1. The number of fused-ring (bicyclic) bond motifs is 1. The fraction of sp³-hybridized carbons (Fsp3) is 0.389. The zero-order valence-electron chi connectivity index (χ0n) is 14.0. The van der Waals surface area contributed by atoms with Gasteiger partial charge in [-0.25, -0.2) is 4.98 Å². The Morgan fingerprint density at radius 2 is 2.17 bits per heavy atom. The van der Waals surface area contributed by atoms with Gasteiger partial charge in [0.05, 0.1) is 11.0 Å². The van der Waals surface area contributed by atoms with Crippen LogP contribution in [0.5, 0.6) is 0 Å². The van der Waals surface area contributed by atoms with E-state index in [0.29, 0.717) is 12.2 Å². The van der Waals surface area contributed by atoms with Crippen LogP contribution in [0.25, 0.3) is 11.0 Å². The van der Waals surface area contributed by atoms with E-state index >= 15 is 0 Å². The molecule has 1 amide bonds. The fourth-order valence-corrected chi connectivity index (χ4v) is 3.38. The van der Waals surface area contributed by atoms with Gasteiger partial charge in [-0.05, 0) is 38.0 Å². The molecule has 6 heteroatoms. The molecule has 0 bridgehead atoms. The highest BCUT2D eigenvalue weighted by Gasteiger charge is 2.28. The van der Waals surface area contributed by atoms with E-state index in [-0.39, 0.29) is 11.8 Å². The van der Waals surface area contributed by atoms with Crippen molar-refractivity contribution < 1.29 is 4.79 Å². The van der Waals surface area contributed by atoms with Crippen molar-refractivity contribution in [1.82, 2.24) is 24.6 Å². The average Bonchev–Trinajstić information content (AvgIpc) is 3.18. The highest BCUT2D eigenvalue weighted by Crippen LogP contribution is 2.27. The number of nitrogens with zero attached hydrogens (tertiary/aromatic N) is 4. The number of para-hydroxylation sites is 2. The summed E-state index contributed by atoms with van der Waals surface area (Å²) in [4.78, 5) is 22.8. The van der Waals surface area contributed by atoms with E-state index in [1.165, 1.54) is 0 Å². The number of aromatic nitrogens is 4. The molecular weight excluding hydrogens is 302 g/mol. The number of imidazole rings is 1. The third-order valence-corrected chi connectivity index (χ3v) is 4.84. The predicted molar refractivity (Wildman–Crippen MR) is 91.9 cm³/mol. The molecular formula is C18H21N5O. The van der Waals surface area contributed by atoms with Crippen LogP contribution in [0.15, 0.2) is 30.3 Å². The van der Waals surface area contributed by atoms with Crippen LogP contribution < -0.4 is 0 Å². The van der Waals surface area contributed by atoms with Crippen LogP contribution in [0.1, 0.15) is 40.8 Å². The van der Waals surface area contributed by atoms with Crippen molar-refractivity contribution in [2.24, 2.45) is 7.05 Å². The van der Waals surface area contributed by atoms with Crippen LogP contribution in [0.4, 0.5) is 0 Å². The Labute approximate surface area is 140 Å². The first kappa shape index (κ1) is 14.9. The summed E-state index contributed by atoms with van der Waals surface area (Å²) in [5.74, 6) is 1.24. The van der Waals surface area contributed by atoms with Crippen molar-refractivity contribution in [3.05, 3.63) is 47.5 Å². The second kappa shape index (κ2) is 5.78. The summed E-state index contributed by atoms with van der Waals surface area (Å²) in [7, 11) is 1.86. The zero-order valence-corrected chi connectivity index (χ0v) is 14.0. The number of piperidine rings is 1. The molecule has 3 heterocycles. The van der Waals surface area contributed by atoms with Crippen LogP contribution >= 0.6 is 0 Å². The van der Waals surface area contributed by atoms with Gasteiger partial charge in [-0.1, -0.05) is 12.1 Å². The lowest BCUT2D eigenvalue weighted by molar-refractivity contribution is 0.0698. The summed E-state index contributed by atoms with van der Waals surface area (Å²) < 4.78 is 1.74. The number of nitrogens with one attached hydrogen (secondary N) is 1. The molecule has 1 aliphatic heterocycles. The van der Waals surface area contributed by atoms with Crippen molar-refractivity contribution in [1.29, 1.82) is 0 Å². The molecule has 1 saturated heterocycles. The molecule has 1 atom stereocenters. The summed E-state index contributed by atoms with van der Waals surface area (Å²) in [6.45, 7) is 3.43. The van der Waals surface area contributed by atoms with Gasteiger partial charge in [0.25, 0.3) is 5.91 Å². The zero-order chi connectivity index (χ0) is 16.7. The third kappa shape index (κ3) is 2.58. The number of carbonyl (C=O) groups excluding carboxylic acids is 1. The maximum Gasteiger partial charge on any atom is 0.274 e. The summed E-state index contributed by atoms with van der Waals surface area (Å²) in [6.07, 6.45) is 2.03. The molecule has 3 aromatic rings. The number of carbonyl (C=O) groups is 1. The molecule has 0 radical (unpaired) electrons. The number of aromatic amines is 1. The highest BCUT2D eigenvalue weighted by atomic mass is 16.2. The smallest absolute Gasteiger partial charge is 0.274 e. The predicted octanol–water partition coefficient (Wildman–Crippen LogP) is 2.62. The van der Waals surface area contributed by atoms with Gasteiger partial charge in [0, 0.05) is 31.7 Å². The summed E-state index contributed by atoms with van der Waals surface area (Å²) in [5, 5.41) is 4.32. The Kier molecular flexibility index (Phi) is 3.59. The van der Waals surface area contributed by atoms with Gasteiger partial charge < -0.3 is 9.88 Å². The minimum Gasteiger partial charge on any atom is -0.342 e. The Morgan fingerprint density at radius 1 is 1.33 bits per heavy atom. The van der Waals surface area contributed by atoms with Gasteiger partial charge in [0.1, 0.15) is 5.82 Å². The third-order valence-electron chi connectivity index (χ3n) is 4.84. The lowest BCUT2D eigenvalue weighted by Gasteiger charge is -2.31. The van der Waals surface area contributed by atoms with Crippen LogP contribution in [-0.4, -0.2) is 43.6 Å². The Bertz CT molecular complexity index is 841. The first-order valence-electron chi connectivity index (χ1n) is 8.36. The van der Waals surface area contributed by atoms with E-state index in [4.69, 9.17) is 4.98 Å². The van der Waals surface area contributed by atoms with Crippen LogP contribution in [0.2, 0.25) is 0 Å². The van der Waals surface area contributed by atoms with Crippen LogP contribution in [0.3, 0.4) is 0 Å². The molecule has 1 aromatic carbocycles. The van der Waals surface area contributed by atoms with Crippen molar-refractivity contribution in [2.75, 3.05) is 13.1 Å². The maximum absolute atomic E-state index is 12.7. The SMILES string of the molecule is Cc1cc(C(=O)N2CCCC(c3nc4ccccc4[nH]3)C2)nn1C. The topological polar surface area (TPSA) is 66.8 Å². The van der Waals surface area contributed by atoms with Gasteiger partial charge in [0.2, 0.25) is 0 Å². The Balaban J connectivity index is 1.55. The van der Waals surface area contributed by atoms with Crippen LogP contribution in [0, 0.1) is 6.92 Å². The summed E-state index contributed by atoms with van der Waals surface area (Å²) >= 11 is 0. The molecule has 24 heavy (non-hydrogen) atoms. The van der Waals surface area contributed by atoms with Crippen molar-refractivity contribution in [2.45, 2.75) is 25.7 Å². The molecule has 0 saturated carbocycles. The number of aryl methyl sites for hydroxylation is 2. The first-order valence-corrected chi connectivity index (χ1v) is 8.36. The maximum atomic E-state index is 12.7. The highest BCUT2D eigenvalue weighted by molar-refractivity contribution is 5.92. The molecule has 1 unspecified atom stereocenters. The lowest BCUT2D eigenvalue weighted by Crippen LogP contribution is -2.39. The largest absolute Gasteiger partial charge is 0.342 e. The van der Waals surface area contributed by atoms with Crippen molar-refractivity contribution >= 4 is 16.9 Å². The van der Waals surface area contributed by atoms with E-state index in [1.807, 2.05) is 49.2 Å². The molecule has 0 aliphatic carbocycles. The minimum absolute atomic E-state index is 0.0134. The molecule has 6 nitrogen and oxygen atoms in total. The van der Waals surface area contributed by atoms with Gasteiger partial charge >= 0.3 is 0 Å². The lowest BCUT2D eigenvalue weighted by atomic mass is 9.97. The molecule has 124 valence electrons. The quantitative estimate of drug-likeness (QED) is 0.788. The van der Waals surface area contributed by atoms with Gasteiger partial charge in [-0.3, -0.25) is 9.48 Å². The molecule has 1 N–H and O–H groups in total. The number of H-pyrrole nitrogens is 1. The van der Waals surface area contributed by atoms with Crippen LogP contribution in [-0.2, 0) is 7.05 Å². The van der Waals surface area contributed by atoms with Gasteiger partial charge in [0.15, 0.2) is 5.69 Å². The number of amides is 1. The van der Waals surface area contributed by atoms with Crippen molar-refractivity contribution in [3.8, 4) is 0 Å². The molecule has 2 aromatic heterocycles. The normalized spacial score (nSPS) is 18.2. The van der Waals surface area contributed by atoms with E-state index < -0.39 is 0 Å². The number of likely N-dealkylation sites (tertiary alicyclic amines) is 1. The number of hydrogen-bond acceptors (Lipinski definition) is 3.